The zero-order valence-electron chi connectivity index (χ0n) is 8.38. The minimum Gasteiger partial charge on any atom is -0.481 e. The van der Waals surface area contributed by atoms with Gasteiger partial charge in [-0.05, 0) is 49.9 Å². The second kappa shape index (κ2) is 3.00. The Bertz CT molecular complexity index is 309. The Morgan fingerprint density at radius 2 is 1.67 bits per heavy atom. The first-order valence-electron chi connectivity index (χ1n) is 5.55. The summed E-state index contributed by atoms with van der Waals surface area (Å²) in [4.78, 5) is 11.4. The van der Waals surface area contributed by atoms with Crippen molar-refractivity contribution in [2.24, 2.45) is 23.2 Å². The topological polar surface area (TPSA) is 37.3 Å². The zero-order valence-corrected chi connectivity index (χ0v) is 11.6. The lowest BCUT2D eigenvalue weighted by atomic mass is 9.49. The van der Waals surface area contributed by atoms with Crippen molar-refractivity contribution in [3.05, 3.63) is 0 Å². The summed E-state index contributed by atoms with van der Waals surface area (Å²) in [6.45, 7) is 0. The summed E-state index contributed by atoms with van der Waals surface area (Å²) < 4.78 is 0.0237. The minimum atomic E-state index is -0.558. The van der Waals surface area contributed by atoms with Crippen LogP contribution in [0.3, 0.4) is 0 Å². The first kappa shape index (κ1) is 10.6. The van der Waals surface area contributed by atoms with E-state index >= 15 is 0 Å². The summed E-state index contributed by atoms with van der Waals surface area (Å²) in [5, 5.41) is 9.42. The van der Waals surface area contributed by atoms with Crippen LogP contribution in [0.4, 0.5) is 0 Å². The van der Waals surface area contributed by atoms with Crippen molar-refractivity contribution in [3.8, 4) is 0 Å². The number of carboxylic acids is 1. The van der Waals surface area contributed by atoms with Crippen LogP contribution >= 0.6 is 31.9 Å². The van der Waals surface area contributed by atoms with Gasteiger partial charge in [0.1, 0.15) is 0 Å². The van der Waals surface area contributed by atoms with Gasteiger partial charge in [-0.25, -0.2) is 0 Å². The molecule has 4 heteroatoms. The monoisotopic (exact) mass is 336 g/mol. The Kier molecular flexibility index (Phi) is 2.12. The van der Waals surface area contributed by atoms with E-state index in [1.807, 2.05) is 0 Å². The highest BCUT2D eigenvalue weighted by molar-refractivity contribution is 9.25. The number of alkyl halides is 2. The first-order chi connectivity index (χ1) is 6.94. The van der Waals surface area contributed by atoms with Crippen molar-refractivity contribution in [2.45, 2.75) is 35.3 Å². The summed E-state index contributed by atoms with van der Waals surface area (Å²) >= 11 is 7.56. The van der Waals surface area contributed by atoms with E-state index in [1.54, 1.807) is 0 Å². The molecule has 0 aromatic heterocycles. The van der Waals surface area contributed by atoms with Gasteiger partial charge in [-0.1, -0.05) is 31.9 Å². The second-order valence-corrected chi connectivity index (χ2v) is 9.29. The summed E-state index contributed by atoms with van der Waals surface area (Å²) in [5.41, 5.74) is -0.387. The van der Waals surface area contributed by atoms with E-state index in [2.05, 4.69) is 31.9 Å². The third-order valence-electron chi connectivity index (χ3n) is 4.73. The Labute approximate surface area is 106 Å². The molecule has 0 amide bonds. The molecule has 1 N–H and O–H groups in total. The number of aliphatic carboxylic acids is 1. The largest absolute Gasteiger partial charge is 0.481 e. The van der Waals surface area contributed by atoms with Gasteiger partial charge in [-0.15, -0.1) is 0 Å². The van der Waals surface area contributed by atoms with Gasteiger partial charge >= 0.3 is 5.97 Å². The Morgan fingerprint density at radius 1 is 1.13 bits per heavy atom. The van der Waals surface area contributed by atoms with Crippen molar-refractivity contribution in [2.75, 3.05) is 0 Å². The molecular weight excluding hydrogens is 324 g/mol. The molecular formula is C11H14Br2O2. The van der Waals surface area contributed by atoms with Crippen molar-refractivity contribution in [1.82, 2.24) is 0 Å². The SMILES string of the molecule is O=C(O)C12CC3C[C@H](C1)C(Br)(Br)[C@@H](C3)C2. The number of hydrogen-bond donors (Lipinski definition) is 1. The highest BCUT2D eigenvalue weighted by atomic mass is 79.9. The Morgan fingerprint density at radius 3 is 2.13 bits per heavy atom. The molecule has 15 heavy (non-hydrogen) atoms. The molecule has 4 atom stereocenters. The molecule has 4 saturated carbocycles. The third-order valence-corrected chi connectivity index (χ3v) is 7.32. The van der Waals surface area contributed by atoms with Crippen LogP contribution in [0, 0.1) is 23.2 Å². The fraction of sp³-hybridized carbons (Fsp3) is 0.909. The third kappa shape index (κ3) is 1.30. The van der Waals surface area contributed by atoms with E-state index < -0.39 is 5.97 Å². The summed E-state index contributed by atoms with van der Waals surface area (Å²) in [6, 6.07) is 0. The van der Waals surface area contributed by atoms with Crippen LogP contribution in [0.15, 0.2) is 0 Å². The molecule has 4 rings (SSSR count). The van der Waals surface area contributed by atoms with Crippen molar-refractivity contribution in [1.29, 1.82) is 0 Å². The van der Waals surface area contributed by atoms with Gasteiger partial charge in [0.15, 0.2) is 0 Å². The van der Waals surface area contributed by atoms with Gasteiger partial charge in [-0.3, -0.25) is 4.79 Å². The van der Waals surface area contributed by atoms with E-state index in [4.69, 9.17) is 0 Å². The molecule has 2 nitrogen and oxygen atoms in total. The summed E-state index contributed by atoms with van der Waals surface area (Å²) in [5.74, 6) is 1.10. The maximum atomic E-state index is 11.4. The highest BCUT2D eigenvalue weighted by Gasteiger charge is 2.63. The van der Waals surface area contributed by atoms with Gasteiger partial charge in [0.25, 0.3) is 0 Å². The molecule has 0 aromatic carbocycles. The normalized spacial score (nSPS) is 50.7. The highest BCUT2D eigenvalue weighted by Crippen LogP contribution is 2.67. The maximum Gasteiger partial charge on any atom is 0.309 e. The van der Waals surface area contributed by atoms with E-state index in [1.165, 1.54) is 12.8 Å². The van der Waals surface area contributed by atoms with Crippen LogP contribution in [0.1, 0.15) is 32.1 Å². The van der Waals surface area contributed by atoms with Crippen molar-refractivity contribution < 1.29 is 9.90 Å². The number of carboxylic acid groups (broad SMARTS) is 1. The average Bonchev–Trinajstić information content (AvgIpc) is 2.13. The molecule has 0 heterocycles. The molecule has 4 aliphatic carbocycles. The Hall–Kier alpha value is 0.430. The number of halogens is 2. The Balaban J connectivity index is 2.00. The van der Waals surface area contributed by atoms with Crippen LogP contribution < -0.4 is 0 Å². The molecule has 0 aromatic rings. The standard InChI is InChI=1S/C11H14Br2O2/c12-11(13)7-1-6-2-8(11)5-10(3-6,4-7)9(14)15/h6-8H,1-5H2,(H,14,15)/t6?,7-,8+,10?. The molecule has 2 unspecified atom stereocenters. The van der Waals surface area contributed by atoms with E-state index in [-0.39, 0.29) is 8.65 Å². The van der Waals surface area contributed by atoms with Crippen LogP contribution in [0.5, 0.6) is 0 Å². The van der Waals surface area contributed by atoms with E-state index in [0.29, 0.717) is 17.8 Å². The summed E-state index contributed by atoms with van der Waals surface area (Å²) in [7, 11) is 0. The molecule has 4 fully saturated rings. The predicted octanol–water partition coefficient (Wildman–Crippen LogP) is 3.38. The fourth-order valence-electron chi connectivity index (χ4n) is 4.16. The molecule has 4 bridgehead atoms. The smallest absolute Gasteiger partial charge is 0.309 e. The molecule has 0 radical (unpaired) electrons. The molecule has 0 spiro atoms. The number of rotatable bonds is 1. The zero-order chi connectivity index (χ0) is 10.8. The van der Waals surface area contributed by atoms with Crippen LogP contribution in [-0.2, 0) is 4.79 Å². The van der Waals surface area contributed by atoms with E-state index in [0.717, 1.165) is 19.3 Å². The van der Waals surface area contributed by atoms with Crippen LogP contribution in [0.25, 0.3) is 0 Å². The van der Waals surface area contributed by atoms with Crippen molar-refractivity contribution >= 4 is 37.8 Å². The lowest BCUT2D eigenvalue weighted by Gasteiger charge is -2.60. The van der Waals surface area contributed by atoms with Gasteiger partial charge in [-0.2, -0.15) is 0 Å². The van der Waals surface area contributed by atoms with E-state index in [9.17, 15) is 9.90 Å². The van der Waals surface area contributed by atoms with Crippen molar-refractivity contribution in [3.63, 3.8) is 0 Å². The fourth-order valence-corrected chi connectivity index (χ4v) is 5.56. The van der Waals surface area contributed by atoms with Crippen LogP contribution in [0.2, 0.25) is 0 Å². The van der Waals surface area contributed by atoms with Gasteiger partial charge in [0.2, 0.25) is 0 Å². The first-order valence-corrected chi connectivity index (χ1v) is 7.14. The number of hydrogen-bond acceptors (Lipinski definition) is 1. The number of carbonyl (C=O) groups is 1. The molecule has 0 aliphatic heterocycles. The molecule has 0 saturated heterocycles. The summed E-state index contributed by atoms with van der Waals surface area (Å²) in [6.07, 6.45) is 5.02. The second-order valence-electron chi connectivity index (χ2n) is 5.60. The van der Waals surface area contributed by atoms with Gasteiger partial charge in [0, 0.05) is 0 Å². The molecule has 84 valence electrons. The predicted molar refractivity (Wildman–Crippen MR) is 64.2 cm³/mol. The lowest BCUT2D eigenvalue weighted by molar-refractivity contribution is -0.164. The minimum absolute atomic E-state index is 0.0237. The van der Waals surface area contributed by atoms with Gasteiger partial charge < -0.3 is 5.11 Å². The quantitative estimate of drug-likeness (QED) is 0.745. The van der Waals surface area contributed by atoms with Crippen LogP contribution in [-0.4, -0.2) is 14.3 Å². The lowest BCUT2D eigenvalue weighted by Crippen LogP contribution is -2.58. The average molecular weight is 338 g/mol. The maximum absolute atomic E-state index is 11.4. The van der Waals surface area contributed by atoms with Gasteiger partial charge in [0.05, 0.1) is 8.65 Å². The molecule has 4 aliphatic rings.